The molecule has 0 amide bonds. The van der Waals surface area contributed by atoms with Gasteiger partial charge in [0.15, 0.2) is 5.43 Å². The van der Waals surface area contributed by atoms with Crippen molar-refractivity contribution in [3.63, 3.8) is 0 Å². The Kier molecular flexibility index (Phi) is 3.39. The van der Waals surface area contributed by atoms with Crippen LogP contribution in [0.2, 0.25) is 0 Å². The van der Waals surface area contributed by atoms with E-state index in [1.807, 2.05) is 0 Å². The molecule has 0 aliphatic carbocycles. The van der Waals surface area contributed by atoms with Crippen molar-refractivity contribution in [3.05, 3.63) is 27.5 Å². The molecule has 0 saturated carbocycles. The van der Waals surface area contributed by atoms with Crippen LogP contribution in [0, 0.1) is 0 Å². The van der Waals surface area contributed by atoms with Crippen LogP contribution in [0.3, 0.4) is 0 Å². The van der Waals surface area contributed by atoms with Crippen LogP contribution in [0.15, 0.2) is 10.9 Å². The number of nitrogens with one attached hydrogen (secondary N) is 1. The second kappa shape index (κ2) is 4.44. The van der Waals surface area contributed by atoms with Gasteiger partial charge in [0, 0.05) is 6.07 Å². The molecule has 1 rings (SSSR count). The van der Waals surface area contributed by atoms with Crippen molar-refractivity contribution in [3.8, 4) is 5.88 Å². The molecule has 0 aliphatic rings. The number of pyridine rings is 1. The monoisotopic (exact) mass is 255 g/mol. The maximum atomic E-state index is 12.4. The zero-order valence-electron chi connectivity index (χ0n) is 7.97. The zero-order valence-corrected chi connectivity index (χ0v) is 7.97. The molecule has 1 aromatic heterocycles. The number of ether oxygens (including phenoxy) is 1. The van der Waals surface area contributed by atoms with Crippen LogP contribution < -0.4 is 10.2 Å². The Morgan fingerprint density at radius 1 is 1.47 bits per heavy atom. The molecule has 0 saturated heterocycles. The van der Waals surface area contributed by atoms with Crippen LogP contribution in [0.5, 0.6) is 5.88 Å². The Morgan fingerprint density at radius 3 is 2.47 bits per heavy atom. The zero-order chi connectivity index (χ0) is 13.2. The first-order valence-corrected chi connectivity index (χ1v) is 4.06. The van der Waals surface area contributed by atoms with Crippen molar-refractivity contribution < 1.29 is 32.2 Å². The molecule has 9 heteroatoms. The van der Waals surface area contributed by atoms with Crippen LogP contribution in [-0.2, 0) is 6.67 Å². The van der Waals surface area contributed by atoms with E-state index in [1.54, 1.807) is 4.98 Å². The lowest BCUT2D eigenvalue weighted by Gasteiger charge is -2.10. The number of hydrogen-bond donors (Lipinski definition) is 2. The fourth-order valence-corrected chi connectivity index (χ4v) is 1.10. The molecule has 17 heavy (non-hydrogen) atoms. The van der Waals surface area contributed by atoms with E-state index in [2.05, 4.69) is 4.74 Å². The lowest BCUT2D eigenvalue weighted by atomic mass is 10.2. The first-order chi connectivity index (χ1) is 7.74. The Hall–Kier alpha value is -2.06. The van der Waals surface area contributed by atoms with E-state index < -0.39 is 41.6 Å². The Bertz CT molecular complexity index is 493. The predicted octanol–water partition coefficient (Wildman–Crippen LogP) is 1.44. The van der Waals surface area contributed by atoms with Gasteiger partial charge in [-0.25, -0.2) is 9.18 Å². The number of H-pyrrole nitrogens is 1. The van der Waals surface area contributed by atoms with E-state index in [9.17, 15) is 27.2 Å². The average Bonchev–Trinajstić information content (AvgIpc) is 2.12. The van der Waals surface area contributed by atoms with E-state index in [4.69, 9.17) is 5.11 Å². The van der Waals surface area contributed by atoms with E-state index in [0.29, 0.717) is 0 Å². The van der Waals surface area contributed by atoms with E-state index >= 15 is 0 Å². The molecule has 0 fully saturated rings. The van der Waals surface area contributed by atoms with Gasteiger partial charge in [0.2, 0.25) is 5.88 Å². The van der Waals surface area contributed by atoms with Gasteiger partial charge in [0.1, 0.15) is 12.2 Å². The van der Waals surface area contributed by atoms with Gasteiger partial charge in [0.25, 0.3) is 0 Å². The summed E-state index contributed by atoms with van der Waals surface area (Å²) in [5.41, 5.74) is -3.02. The third-order valence-electron chi connectivity index (χ3n) is 1.66. The number of aromatic nitrogens is 1. The SMILES string of the molecule is O=C(O)c1c(CF)[nH]c(OC(F)(F)F)cc1=O. The highest BCUT2D eigenvalue weighted by Crippen LogP contribution is 2.20. The van der Waals surface area contributed by atoms with E-state index in [0.717, 1.165) is 0 Å². The number of hydrogen-bond acceptors (Lipinski definition) is 3. The summed E-state index contributed by atoms with van der Waals surface area (Å²) < 4.78 is 51.2. The molecule has 0 spiro atoms. The summed E-state index contributed by atoms with van der Waals surface area (Å²) in [7, 11) is 0. The van der Waals surface area contributed by atoms with E-state index in [-0.39, 0.29) is 6.07 Å². The molecule has 1 aromatic rings. The standard InChI is InChI=1S/C8H5F4NO4/c9-2-3-6(7(15)16)4(14)1-5(13-3)17-8(10,11)12/h1H,2H2,(H,13,14)(H,15,16). The first kappa shape index (κ1) is 13.0. The largest absolute Gasteiger partial charge is 0.574 e. The van der Waals surface area contributed by atoms with Crippen LogP contribution >= 0.6 is 0 Å². The third kappa shape index (κ3) is 3.20. The van der Waals surface area contributed by atoms with Crippen LogP contribution in [0.4, 0.5) is 17.6 Å². The molecule has 0 radical (unpaired) electrons. The lowest BCUT2D eigenvalue weighted by Crippen LogP contribution is -2.23. The summed E-state index contributed by atoms with van der Waals surface area (Å²) in [6, 6.07) is 0.288. The highest BCUT2D eigenvalue weighted by Gasteiger charge is 2.32. The number of alkyl halides is 4. The maximum Gasteiger partial charge on any atom is 0.574 e. The van der Waals surface area contributed by atoms with Gasteiger partial charge in [-0.3, -0.25) is 4.79 Å². The summed E-state index contributed by atoms with van der Waals surface area (Å²) >= 11 is 0. The first-order valence-electron chi connectivity index (χ1n) is 4.06. The maximum absolute atomic E-state index is 12.4. The number of carboxylic acid groups (broad SMARTS) is 1. The Morgan fingerprint density at radius 2 is 2.06 bits per heavy atom. The minimum Gasteiger partial charge on any atom is -0.477 e. The lowest BCUT2D eigenvalue weighted by molar-refractivity contribution is -0.276. The highest BCUT2D eigenvalue weighted by atomic mass is 19.4. The summed E-state index contributed by atoms with van der Waals surface area (Å²) in [6.45, 7) is -1.44. The Balaban J connectivity index is 3.28. The second-order valence-electron chi connectivity index (χ2n) is 2.84. The van der Waals surface area contributed by atoms with Crippen molar-refractivity contribution in [1.82, 2.24) is 4.98 Å². The van der Waals surface area contributed by atoms with Crippen molar-refractivity contribution >= 4 is 5.97 Å². The van der Waals surface area contributed by atoms with Gasteiger partial charge in [-0.05, 0) is 0 Å². The summed E-state index contributed by atoms with van der Waals surface area (Å²) in [6.07, 6.45) is -5.07. The van der Waals surface area contributed by atoms with Gasteiger partial charge in [-0.1, -0.05) is 0 Å². The number of aromatic carboxylic acids is 1. The summed E-state index contributed by atoms with van der Waals surface area (Å²) in [5.74, 6) is -2.81. The molecule has 0 bridgehead atoms. The molecule has 5 nitrogen and oxygen atoms in total. The molecule has 94 valence electrons. The second-order valence-corrected chi connectivity index (χ2v) is 2.84. The summed E-state index contributed by atoms with van der Waals surface area (Å²) in [5, 5.41) is 8.55. The Labute approximate surface area is 90.6 Å². The molecular formula is C8H5F4NO4. The molecule has 0 unspecified atom stereocenters. The van der Waals surface area contributed by atoms with Crippen molar-refractivity contribution in [2.75, 3.05) is 0 Å². The van der Waals surface area contributed by atoms with Crippen molar-refractivity contribution in [1.29, 1.82) is 0 Å². The minimum atomic E-state index is -5.07. The topological polar surface area (TPSA) is 79.4 Å². The fourth-order valence-electron chi connectivity index (χ4n) is 1.10. The van der Waals surface area contributed by atoms with Gasteiger partial charge < -0.3 is 14.8 Å². The minimum absolute atomic E-state index is 0.288. The predicted molar refractivity (Wildman–Crippen MR) is 45.5 cm³/mol. The number of carbonyl (C=O) groups is 1. The van der Waals surface area contributed by atoms with Gasteiger partial charge in [0.05, 0.1) is 5.69 Å². The van der Waals surface area contributed by atoms with Crippen LogP contribution in [0.1, 0.15) is 16.1 Å². The quantitative estimate of drug-likeness (QED) is 0.801. The number of halogens is 4. The van der Waals surface area contributed by atoms with Gasteiger partial charge >= 0.3 is 12.3 Å². The average molecular weight is 255 g/mol. The molecule has 0 atom stereocenters. The molecule has 1 heterocycles. The molecule has 0 aliphatic heterocycles. The highest BCUT2D eigenvalue weighted by molar-refractivity contribution is 5.88. The molecule has 2 N–H and O–H groups in total. The number of aromatic amines is 1. The van der Waals surface area contributed by atoms with E-state index in [1.165, 1.54) is 0 Å². The summed E-state index contributed by atoms with van der Waals surface area (Å²) in [4.78, 5) is 23.4. The third-order valence-corrected chi connectivity index (χ3v) is 1.66. The van der Waals surface area contributed by atoms with Crippen molar-refractivity contribution in [2.45, 2.75) is 13.0 Å². The van der Waals surface area contributed by atoms with Gasteiger partial charge in [-0.2, -0.15) is 0 Å². The van der Waals surface area contributed by atoms with Crippen LogP contribution in [0.25, 0.3) is 0 Å². The van der Waals surface area contributed by atoms with Gasteiger partial charge in [-0.15, -0.1) is 13.2 Å². The molecule has 0 aromatic carbocycles. The fraction of sp³-hybridized carbons (Fsp3) is 0.250. The van der Waals surface area contributed by atoms with Crippen molar-refractivity contribution in [2.24, 2.45) is 0 Å². The number of carboxylic acids is 1. The molecular weight excluding hydrogens is 250 g/mol. The van der Waals surface area contributed by atoms with Crippen LogP contribution in [-0.4, -0.2) is 22.4 Å². The smallest absolute Gasteiger partial charge is 0.477 e. The normalized spacial score (nSPS) is 11.3. The number of rotatable bonds is 3.